The van der Waals surface area contributed by atoms with Crippen molar-refractivity contribution in [3.8, 4) is 33.4 Å². The molecule has 0 spiro atoms. The molecule has 0 atom stereocenters. The molecule has 0 aromatic heterocycles. The molecule has 1 aliphatic rings. The van der Waals surface area contributed by atoms with Crippen LogP contribution in [0.5, 0.6) is 0 Å². The van der Waals surface area contributed by atoms with E-state index < -0.39 is 0 Å². The van der Waals surface area contributed by atoms with Gasteiger partial charge in [-0.1, -0.05) is 133 Å². The van der Waals surface area contributed by atoms with Crippen LogP contribution in [0.2, 0.25) is 0 Å². The van der Waals surface area contributed by atoms with Crippen LogP contribution in [0.4, 0.5) is 0 Å². The van der Waals surface area contributed by atoms with Crippen molar-refractivity contribution in [2.75, 3.05) is 6.54 Å². The second-order valence-corrected chi connectivity index (χ2v) is 11.4. The monoisotopic (exact) mass is 549 g/mol. The molecule has 0 saturated carbocycles. The highest BCUT2D eigenvalue weighted by atomic mass is 14.8. The van der Waals surface area contributed by atoms with Gasteiger partial charge < -0.3 is 5.32 Å². The number of nitrogens with one attached hydrogen (secondary N) is 1. The molecule has 0 unspecified atom stereocenters. The van der Waals surface area contributed by atoms with Gasteiger partial charge in [0.25, 0.3) is 0 Å². The molecule has 1 heterocycles. The van der Waals surface area contributed by atoms with Crippen molar-refractivity contribution in [2.24, 2.45) is 0 Å². The Kier molecular flexibility index (Phi) is 6.16. The van der Waals surface area contributed by atoms with Gasteiger partial charge >= 0.3 is 0 Å². The number of rotatable bonds is 4. The van der Waals surface area contributed by atoms with Crippen molar-refractivity contribution < 1.29 is 0 Å². The van der Waals surface area contributed by atoms with Crippen molar-refractivity contribution in [3.05, 3.63) is 163 Å². The Morgan fingerprint density at radius 3 is 1.58 bits per heavy atom. The Morgan fingerprint density at radius 2 is 0.953 bits per heavy atom. The maximum absolute atomic E-state index is 3.34. The van der Waals surface area contributed by atoms with Gasteiger partial charge in [-0.05, 0) is 101 Å². The average Bonchev–Trinajstić information content (AvgIpc) is 3.07. The van der Waals surface area contributed by atoms with Crippen molar-refractivity contribution >= 4 is 37.9 Å². The fraction of sp³-hybridized carbons (Fsp3) is 0.0476. The van der Waals surface area contributed by atoms with Crippen LogP contribution in [0.1, 0.15) is 12.5 Å². The predicted octanol–water partition coefficient (Wildman–Crippen LogP) is 11.0. The lowest BCUT2D eigenvalue weighted by Crippen LogP contribution is -2.11. The molecule has 7 aromatic rings. The Morgan fingerprint density at radius 1 is 0.442 bits per heavy atom. The topological polar surface area (TPSA) is 12.0 Å². The first-order chi connectivity index (χ1) is 21.2. The third-order valence-electron chi connectivity index (χ3n) is 8.85. The molecule has 0 saturated heterocycles. The normalized spacial score (nSPS) is 13.1. The van der Waals surface area contributed by atoms with E-state index in [0.29, 0.717) is 0 Å². The van der Waals surface area contributed by atoms with E-state index >= 15 is 0 Å². The molecule has 0 amide bonds. The SMILES string of the molecule is CC1=CCNC=C1c1ccc(-c2ccc3ccc(-c4c5ccccc5c(-c5ccccc5)c5ccccc45)cc3c2)cc1. The third-order valence-corrected chi connectivity index (χ3v) is 8.85. The molecule has 7 aromatic carbocycles. The van der Waals surface area contributed by atoms with E-state index in [0.717, 1.165) is 6.54 Å². The van der Waals surface area contributed by atoms with Gasteiger partial charge in [0.2, 0.25) is 0 Å². The van der Waals surface area contributed by atoms with Crippen LogP contribution in [0.25, 0.3) is 71.3 Å². The lowest BCUT2D eigenvalue weighted by Gasteiger charge is -2.18. The fourth-order valence-electron chi connectivity index (χ4n) is 6.69. The quantitative estimate of drug-likeness (QED) is 0.215. The summed E-state index contributed by atoms with van der Waals surface area (Å²) in [6.45, 7) is 3.08. The molecule has 1 N–H and O–H groups in total. The van der Waals surface area contributed by atoms with E-state index in [-0.39, 0.29) is 0 Å². The Balaban J connectivity index is 1.27. The van der Waals surface area contributed by atoms with Crippen molar-refractivity contribution in [3.63, 3.8) is 0 Å². The second kappa shape index (κ2) is 10.5. The van der Waals surface area contributed by atoms with Crippen molar-refractivity contribution in [2.45, 2.75) is 6.92 Å². The highest BCUT2D eigenvalue weighted by Gasteiger charge is 2.16. The number of benzene rings is 7. The molecule has 0 bridgehead atoms. The Hall–Kier alpha value is -5.40. The number of hydrogen-bond acceptors (Lipinski definition) is 1. The standard InChI is InChI=1S/C42H31N/c1-28-23-24-43-27-40(28)31-19-15-29(16-20-31)33-21-17-30-18-22-34(26-35(30)25-33)42-38-13-7-5-11-36(38)41(32-9-3-2-4-10-32)37-12-6-8-14-39(37)42/h2-23,25-27,43H,24H2,1H3. The summed E-state index contributed by atoms with van der Waals surface area (Å²) in [6, 6.07) is 51.2. The minimum atomic E-state index is 0.898. The number of fused-ring (bicyclic) bond motifs is 3. The highest BCUT2D eigenvalue weighted by Crippen LogP contribution is 2.44. The van der Waals surface area contributed by atoms with Crippen LogP contribution >= 0.6 is 0 Å². The molecule has 204 valence electrons. The summed E-state index contributed by atoms with van der Waals surface area (Å²) in [7, 11) is 0. The Labute approximate surface area is 252 Å². The molecule has 0 aliphatic carbocycles. The van der Waals surface area contributed by atoms with Crippen LogP contribution in [-0.4, -0.2) is 6.54 Å². The lowest BCUT2D eigenvalue weighted by molar-refractivity contribution is 0.964. The van der Waals surface area contributed by atoms with E-state index in [1.54, 1.807) is 0 Å². The lowest BCUT2D eigenvalue weighted by atomic mass is 9.85. The highest BCUT2D eigenvalue weighted by molar-refractivity contribution is 6.21. The zero-order chi connectivity index (χ0) is 28.8. The van der Waals surface area contributed by atoms with Crippen LogP contribution in [0.15, 0.2) is 157 Å². The van der Waals surface area contributed by atoms with Crippen LogP contribution in [0, 0.1) is 0 Å². The molecule has 0 fully saturated rings. The largest absolute Gasteiger partial charge is 0.387 e. The minimum Gasteiger partial charge on any atom is -0.387 e. The minimum absolute atomic E-state index is 0.898. The number of hydrogen-bond donors (Lipinski definition) is 1. The van der Waals surface area contributed by atoms with E-state index in [1.165, 1.54) is 82.4 Å². The van der Waals surface area contributed by atoms with Gasteiger partial charge in [-0.15, -0.1) is 0 Å². The molecule has 0 radical (unpaired) electrons. The molecular formula is C42H31N. The fourth-order valence-corrected chi connectivity index (χ4v) is 6.69. The summed E-state index contributed by atoms with van der Waals surface area (Å²) in [4.78, 5) is 0. The van der Waals surface area contributed by atoms with E-state index in [4.69, 9.17) is 0 Å². The molecule has 43 heavy (non-hydrogen) atoms. The molecular weight excluding hydrogens is 518 g/mol. The van der Waals surface area contributed by atoms with Crippen LogP contribution in [0.3, 0.4) is 0 Å². The molecule has 8 rings (SSSR count). The first-order valence-electron chi connectivity index (χ1n) is 15.0. The van der Waals surface area contributed by atoms with Crippen molar-refractivity contribution in [1.29, 1.82) is 0 Å². The summed E-state index contributed by atoms with van der Waals surface area (Å²) < 4.78 is 0. The van der Waals surface area contributed by atoms with Crippen molar-refractivity contribution in [1.82, 2.24) is 5.32 Å². The molecule has 1 aliphatic heterocycles. The van der Waals surface area contributed by atoms with Gasteiger partial charge in [-0.2, -0.15) is 0 Å². The maximum Gasteiger partial charge on any atom is 0.0331 e. The van der Waals surface area contributed by atoms with Gasteiger partial charge in [0.1, 0.15) is 0 Å². The summed E-state index contributed by atoms with van der Waals surface area (Å²) in [5.74, 6) is 0. The third kappa shape index (κ3) is 4.42. The first kappa shape index (κ1) is 25.3. The van der Waals surface area contributed by atoms with Crippen LogP contribution < -0.4 is 5.32 Å². The van der Waals surface area contributed by atoms with Crippen LogP contribution in [-0.2, 0) is 0 Å². The summed E-state index contributed by atoms with van der Waals surface area (Å²) in [6.07, 6.45) is 4.37. The van der Waals surface area contributed by atoms with E-state index in [9.17, 15) is 0 Å². The molecule has 1 nitrogen and oxygen atoms in total. The smallest absolute Gasteiger partial charge is 0.0331 e. The zero-order valence-electron chi connectivity index (χ0n) is 24.1. The maximum atomic E-state index is 3.34. The van der Waals surface area contributed by atoms with Gasteiger partial charge in [-0.25, -0.2) is 0 Å². The van der Waals surface area contributed by atoms with Gasteiger partial charge in [0.15, 0.2) is 0 Å². The summed E-state index contributed by atoms with van der Waals surface area (Å²) in [5.41, 5.74) is 11.4. The van der Waals surface area contributed by atoms with Gasteiger partial charge in [0, 0.05) is 12.7 Å². The summed E-state index contributed by atoms with van der Waals surface area (Å²) in [5, 5.41) is 11.0. The van der Waals surface area contributed by atoms with Gasteiger partial charge in [0.05, 0.1) is 0 Å². The number of allylic oxidation sites excluding steroid dienone is 2. The van der Waals surface area contributed by atoms with Gasteiger partial charge in [-0.3, -0.25) is 0 Å². The van der Waals surface area contributed by atoms with E-state index in [1.807, 2.05) is 0 Å². The average molecular weight is 550 g/mol. The zero-order valence-corrected chi connectivity index (χ0v) is 24.1. The predicted molar refractivity (Wildman–Crippen MR) is 185 cm³/mol. The van der Waals surface area contributed by atoms with E-state index in [2.05, 4.69) is 164 Å². The molecule has 1 heteroatoms. The Bertz CT molecular complexity index is 2160. The first-order valence-corrected chi connectivity index (χ1v) is 15.0. The second-order valence-electron chi connectivity index (χ2n) is 11.4. The number of dihydropyridines is 1. The summed E-state index contributed by atoms with van der Waals surface area (Å²) >= 11 is 0.